The normalized spacial score (nSPS) is 16.0. The lowest BCUT2D eigenvalue weighted by atomic mass is 9.95. The molecule has 3 amide bonds. The molecule has 2 heterocycles. The monoisotopic (exact) mass is 368 g/mol. The van der Waals surface area contributed by atoms with E-state index in [1.54, 1.807) is 19.0 Å². The van der Waals surface area contributed by atoms with Crippen molar-refractivity contribution in [3.05, 3.63) is 59.4 Å². The quantitative estimate of drug-likeness (QED) is 0.833. The lowest BCUT2D eigenvalue weighted by molar-refractivity contribution is -0.134. The molecule has 2 aromatic rings. The Hall–Kier alpha value is -2.76. The zero-order valence-corrected chi connectivity index (χ0v) is 16.6. The van der Waals surface area contributed by atoms with Gasteiger partial charge in [-0.25, -0.2) is 4.79 Å². The fourth-order valence-electron chi connectivity index (χ4n) is 3.72. The van der Waals surface area contributed by atoms with Gasteiger partial charge in [0.2, 0.25) is 5.91 Å². The van der Waals surface area contributed by atoms with Crippen molar-refractivity contribution in [1.82, 2.24) is 19.3 Å². The standard InChI is InChI=1S/C21H28N4O2/c1-5-23(21(27)22(3)4)15-19(26)25-14-13-24-12-8-11-18(24)20(25)17-10-7-6-9-16(17)2/h6-12,20H,5,13-15H2,1-4H3/t20-/m1/s1. The minimum absolute atomic E-state index is 0.0206. The summed E-state index contributed by atoms with van der Waals surface area (Å²) in [5, 5.41) is 0. The van der Waals surface area contributed by atoms with E-state index in [1.807, 2.05) is 30.0 Å². The number of carbonyl (C=O) groups excluding carboxylic acids is 2. The molecule has 144 valence electrons. The van der Waals surface area contributed by atoms with Crippen molar-refractivity contribution in [2.45, 2.75) is 26.4 Å². The van der Waals surface area contributed by atoms with Crippen LogP contribution in [-0.2, 0) is 11.3 Å². The number of hydrogen-bond acceptors (Lipinski definition) is 2. The Balaban J connectivity index is 1.92. The van der Waals surface area contributed by atoms with E-state index in [9.17, 15) is 9.59 Å². The van der Waals surface area contributed by atoms with Crippen LogP contribution in [0.25, 0.3) is 0 Å². The molecule has 1 aromatic heterocycles. The van der Waals surface area contributed by atoms with E-state index in [0.717, 1.165) is 23.4 Å². The molecule has 6 heteroatoms. The topological polar surface area (TPSA) is 48.8 Å². The zero-order valence-electron chi connectivity index (χ0n) is 16.6. The zero-order chi connectivity index (χ0) is 19.6. The molecule has 0 unspecified atom stereocenters. The first-order valence-electron chi connectivity index (χ1n) is 9.40. The summed E-state index contributed by atoms with van der Waals surface area (Å²) in [6.45, 7) is 5.97. The summed E-state index contributed by atoms with van der Waals surface area (Å²) in [5.41, 5.74) is 3.41. The van der Waals surface area contributed by atoms with Gasteiger partial charge in [0, 0.05) is 45.6 Å². The first-order valence-corrected chi connectivity index (χ1v) is 9.40. The van der Waals surface area contributed by atoms with Crippen LogP contribution in [0.1, 0.15) is 29.8 Å². The molecule has 0 saturated heterocycles. The van der Waals surface area contributed by atoms with Gasteiger partial charge in [0.25, 0.3) is 0 Å². The number of amides is 3. The summed E-state index contributed by atoms with van der Waals surface area (Å²) in [7, 11) is 3.42. The molecule has 3 rings (SSSR count). The minimum atomic E-state index is -0.140. The summed E-state index contributed by atoms with van der Waals surface area (Å²) in [6, 6.07) is 12.0. The summed E-state index contributed by atoms with van der Waals surface area (Å²) in [5.74, 6) is -0.0206. The van der Waals surface area contributed by atoms with E-state index in [2.05, 4.69) is 35.9 Å². The van der Waals surface area contributed by atoms with Crippen molar-refractivity contribution >= 4 is 11.9 Å². The molecule has 0 saturated carbocycles. The van der Waals surface area contributed by atoms with Gasteiger partial charge < -0.3 is 19.3 Å². The van der Waals surface area contributed by atoms with E-state index in [1.165, 1.54) is 4.90 Å². The van der Waals surface area contributed by atoms with Gasteiger partial charge in [-0.15, -0.1) is 0 Å². The second-order valence-corrected chi connectivity index (χ2v) is 7.16. The molecule has 0 N–H and O–H groups in total. The van der Waals surface area contributed by atoms with Crippen LogP contribution in [0.4, 0.5) is 4.79 Å². The predicted molar refractivity (Wildman–Crippen MR) is 105 cm³/mol. The van der Waals surface area contributed by atoms with Gasteiger partial charge >= 0.3 is 6.03 Å². The third-order valence-corrected chi connectivity index (χ3v) is 5.20. The number of hydrogen-bond donors (Lipinski definition) is 0. The third kappa shape index (κ3) is 3.70. The van der Waals surface area contributed by atoms with Gasteiger partial charge in [-0.1, -0.05) is 24.3 Å². The van der Waals surface area contributed by atoms with E-state index in [-0.39, 0.29) is 24.5 Å². The predicted octanol–water partition coefficient (Wildman–Crippen LogP) is 2.73. The van der Waals surface area contributed by atoms with Crippen molar-refractivity contribution in [2.75, 3.05) is 33.7 Å². The van der Waals surface area contributed by atoms with Crippen LogP contribution < -0.4 is 0 Å². The number of carbonyl (C=O) groups is 2. The number of urea groups is 1. The van der Waals surface area contributed by atoms with Gasteiger partial charge in [0.15, 0.2) is 0 Å². The fraction of sp³-hybridized carbons (Fsp3) is 0.429. The maximum atomic E-state index is 13.2. The molecule has 0 radical (unpaired) electrons. The van der Waals surface area contributed by atoms with Crippen molar-refractivity contribution in [2.24, 2.45) is 0 Å². The Bertz CT molecular complexity index is 827. The second kappa shape index (κ2) is 7.86. The molecule has 6 nitrogen and oxygen atoms in total. The lowest BCUT2D eigenvalue weighted by Gasteiger charge is -2.39. The Morgan fingerprint density at radius 2 is 1.85 bits per heavy atom. The third-order valence-electron chi connectivity index (χ3n) is 5.20. The largest absolute Gasteiger partial charge is 0.348 e. The number of likely N-dealkylation sites (N-methyl/N-ethyl adjacent to an activating group) is 1. The molecule has 27 heavy (non-hydrogen) atoms. The average Bonchev–Trinajstić information content (AvgIpc) is 3.14. The fourth-order valence-corrected chi connectivity index (χ4v) is 3.72. The van der Waals surface area contributed by atoms with Gasteiger partial charge in [0.1, 0.15) is 6.54 Å². The van der Waals surface area contributed by atoms with E-state index >= 15 is 0 Å². The number of rotatable bonds is 4. The summed E-state index contributed by atoms with van der Waals surface area (Å²) in [4.78, 5) is 30.6. The summed E-state index contributed by atoms with van der Waals surface area (Å²) in [6.07, 6.45) is 2.07. The van der Waals surface area contributed by atoms with Crippen molar-refractivity contribution in [1.29, 1.82) is 0 Å². The van der Waals surface area contributed by atoms with E-state index in [4.69, 9.17) is 0 Å². The van der Waals surface area contributed by atoms with Gasteiger partial charge in [-0.05, 0) is 37.1 Å². The molecule has 1 aliphatic heterocycles. The highest BCUT2D eigenvalue weighted by Crippen LogP contribution is 2.34. The number of nitrogens with zero attached hydrogens (tertiary/aromatic N) is 4. The molecule has 0 spiro atoms. The summed E-state index contributed by atoms with van der Waals surface area (Å²) >= 11 is 0. The van der Waals surface area contributed by atoms with E-state index in [0.29, 0.717) is 13.1 Å². The molecule has 1 aromatic carbocycles. The number of aryl methyl sites for hydroxylation is 1. The maximum Gasteiger partial charge on any atom is 0.319 e. The Morgan fingerprint density at radius 1 is 1.11 bits per heavy atom. The van der Waals surface area contributed by atoms with Gasteiger partial charge in [-0.3, -0.25) is 4.79 Å². The van der Waals surface area contributed by atoms with Crippen LogP contribution in [-0.4, -0.2) is 64.9 Å². The van der Waals surface area contributed by atoms with Crippen molar-refractivity contribution in [3.8, 4) is 0 Å². The number of benzene rings is 1. The van der Waals surface area contributed by atoms with Crippen molar-refractivity contribution < 1.29 is 9.59 Å². The first kappa shape index (κ1) is 19.0. The van der Waals surface area contributed by atoms with Gasteiger partial charge in [0.05, 0.1) is 6.04 Å². The van der Waals surface area contributed by atoms with Crippen LogP contribution >= 0.6 is 0 Å². The van der Waals surface area contributed by atoms with E-state index < -0.39 is 0 Å². The smallest absolute Gasteiger partial charge is 0.319 e. The highest BCUT2D eigenvalue weighted by Gasteiger charge is 2.33. The van der Waals surface area contributed by atoms with Crippen LogP contribution in [0.5, 0.6) is 0 Å². The Kier molecular flexibility index (Phi) is 5.54. The first-order chi connectivity index (χ1) is 12.9. The molecular formula is C21H28N4O2. The lowest BCUT2D eigenvalue weighted by Crippen LogP contribution is -2.49. The highest BCUT2D eigenvalue weighted by atomic mass is 16.2. The molecule has 1 atom stereocenters. The molecular weight excluding hydrogens is 340 g/mol. The SMILES string of the molecule is CCN(CC(=O)N1CCn2cccc2[C@H]1c1ccccc1C)C(=O)N(C)C. The average molecular weight is 368 g/mol. The van der Waals surface area contributed by atoms with Crippen LogP contribution in [0.3, 0.4) is 0 Å². The maximum absolute atomic E-state index is 13.2. The van der Waals surface area contributed by atoms with Crippen LogP contribution in [0, 0.1) is 6.92 Å². The summed E-state index contributed by atoms with van der Waals surface area (Å²) < 4.78 is 2.21. The van der Waals surface area contributed by atoms with Crippen molar-refractivity contribution in [3.63, 3.8) is 0 Å². The number of fused-ring (bicyclic) bond motifs is 1. The Morgan fingerprint density at radius 3 is 2.52 bits per heavy atom. The molecule has 0 bridgehead atoms. The highest BCUT2D eigenvalue weighted by molar-refractivity contribution is 5.84. The van der Waals surface area contributed by atoms with Crippen LogP contribution in [0.15, 0.2) is 42.6 Å². The molecule has 0 aliphatic carbocycles. The molecule has 0 fully saturated rings. The second-order valence-electron chi connectivity index (χ2n) is 7.16. The van der Waals surface area contributed by atoms with Gasteiger partial charge in [-0.2, -0.15) is 0 Å². The number of aromatic nitrogens is 1. The van der Waals surface area contributed by atoms with Crippen LogP contribution in [0.2, 0.25) is 0 Å². The Labute approximate surface area is 161 Å². The molecule has 1 aliphatic rings. The minimum Gasteiger partial charge on any atom is -0.348 e.